The fraction of sp³-hybridized carbons (Fsp3) is 0.450. The van der Waals surface area contributed by atoms with Crippen LogP contribution >= 0.6 is 0 Å². The fourth-order valence-electron chi connectivity index (χ4n) is 4.03. The van der Waals surface area contributed by atoms with E-state index in [0.29, 0.717) is 27.9 Å². The molecule has 1 aliphatic carbocycles. The first-order chi connectivity index (χ1) is 12.9. The largest absolute Gasteiger partial charge is 0.365 e. The van der Waals surface area contributed by atoms with Crippen LogP contribution in [0.25, 0.3) is 0 Å². The number of nitrogens with two attached hydrogens (primary N) is 1. The van der Waals surface area contributed by atoms with Crippen LogP contribution in [0.2, 0.25) is 0 Å². The lowest BCUT2D eigenvalue weighted by molar-refractivity contribution is 0.100. The summed E-state index contributed by atoms with van der Waals surface area (Å²) in [7, 11) is 6.40. The number of pyridine rings is 2. The van der Waals surface area contributed by atoms with Gasteiger partial charge in [0, 0.05) is 30.6 Å². The van der Waals surface area contributed by atoms with Crippen LogP contribution in [0.4, 0.5) is 17.3 Å². The molecule has 2 heterocycles. The van der Waals surface area contributed by atoms with Crippen molar-refractivity contribution in [1.29, 1.82) is 0 Å². The zero-order chi connectivity index (χ0) is 19.4. The number of likely N-dealkylation sites (N-methyl/N-ethyl adjacent to an activating group) is 2. The molecule has 0 spiro atoms. The number of rotatable bonds is 6. The second-order valence-electron chi connectivity index (χ2n) is 7.58. The average Bonchev–Trinajstić information content (AvgIpc) is 2.68. The van der Waals surface area contributed by atoms with E-state index in [2.05, 4.69) is 29.7 Å². The lowest BCUT2D eigenvalue weighted by atomic mass is 9.88. The van der Waals surface area contributed by atoms with Crippen LogP contribution in [0.5, 0.6) is 0 Å². The van der Waals surface area contributed by atoms with Crippen LogP contribution in [0.3, 0.4) is 0 Å². The first-order valence-electron chi connectivity index (χ1n) is 9.43. The summed E-state index contributed by atoms with van der Waals surface area (Å²) in [4.78, 5) is 20.7. The Morgan fingerprint density at radius 1 is 1.15 bits per heavy atom. The van der Waals surface area contributed by atoms with Gasteiger partial charge in [-0.15, -0.1) is 0 Å². The van der Waals surface area contributed by atoms with E-state index in [-0.39, 0.29) is 0 Å². The monoisotopic (exact) mass is 369 g/mol. The molecule has 1 amide bonds. The summed E-state index contributed by atoms with van der Waals surface area (Å²) >= 11 is 0. The molecule has 3 rings (SSSR count). The number of anilines is 2. The Bertz CT molecular complexity index is 792. The molecule has 0 radical (unpaired) electrons. The molecule has 7 heteroatoms. The summed E-state index contributed by atoms with van der Waals surface area (Å²) in [6.45, 7) is 0. The van der Waals surface area contributed by atoms with Gasteiger partial charge in [0.05, 0.1) is 25.7 Å². The molecule has 2 aromatic rings. The topological polar surface area (TPSA) is 92.9 Å². The highest BCUT2D eigenvalue weighted by Crippen LogP contribution is 2.32. The van der Waals surface area contributed by atoms with E-state index in [1.807, 2.05) is 25.2 Å². The van der Waals surface area contributed by atoms with Gasteiger partial charge in [-0.2, -0.15) is 4.98 Å². The number of carbonyl (C=O) groups is 1. The number of nitrogens with zero attached hydrogens (tertiary/aromatic N) is 3. The summed E-state index contributed by atoms with van der Waals surface area (Å²) < 4.78 is 0.648. The minimum atomic E-state index is -0.498. The Hall–Kier alpha value is -2.51. The van der Waals surface area contributed by atoms with Gasteiger partial charge in [0.1, 0.15) is 11.9 Å². The molecule has 4 N–H and O–H groups in total. The summed E-state index contributed by atoms with van der Waals surface area (Å²) in [5, 5.41) is 6.69. The Labute approximate surface area is 160 Å². The molecule has 144 valence electrons. The van der Waals surface area contributed by atoms with Crippen molar-refractivity contribution in [2.24, 2.45) is 5.73 Å². The molecule has 1 aliphatic rings. The van der Waals surface area contributed by atoms with Gasteiger partial charge in [0.25, 0.3) is 5.91 Å². The van der Waals surface area contributed by atoms with Crippen molar-refractivity contribution in [2.45, 2.75) is 37.8 Å². The number of carbonyl (C=O) groups excluding carboxylic acids is 1. The maximum absolute atomic E-state index is 11.9. The lowest BCUT2D eigenvalue weighted by Gasteiger charge is -2.43. The highest BCUT2D eigenvalue weighted by molar-refractivity contribution is 5.98. The molecule has 1 saturated carbocycles. The van der Waals surface area contributed by atoms with Gasteiger partial charge in [-0.1, -0.05) is 6.42 Å². The van der Waals surface area contributed by atoms with Gasteiger partial charge in [0.15, 0.2) is 0 Å². The van der Waals surface area contributed by atoms with Crippen LogP contribution in [-0.2, 0) is 0 Å². The van der Waals surface area contributed by atoms with Crippen molar-refractivity contribution in [3.63, 3.8) is 0 Å². The molecular weight excluding hydrogens is 340 g/mol. The molecule has 2 aromatic heterocycles. The fourth-order valence-corrected chi connectivity index (χ4v) is 4.03. The molecule has 7 nitrogen and oxygen atoms in total. The van der Waals surface area contributed by atoms with Gasteiger partial charge in [0.2, 0.25) is 5.82 Å². The quantitative estimate of drug-likeness (QED) is 0.680. The number of aromatic nitrogens is 2. The second kappa shape index (κ2) is 8.02. The highest BCUT2D eigenvalue weighted by Gasteiger charge is 2.39. The molecule has 0 aromatic carbocycles. The Morgan fingerprint density at radius 3 is 2.52 bits per heavy atom. The van der Waals surface area contributed by atoms with Crippen LogP contribution in [-0.4, -0.2) is 49.1 Å². The molecular formula is C20H29N6O+. The summed E-state index contributed by atoms with van der Waals surface area (Å²) in [6.07, 6.45) is 8.18. The van der Waals surface area contributed by atoms with E-state index < -0.39 is 5.91 Å². The van der Waals surface area contributed by atoms with Crippen molar-refractivity contribution in [1.82, 2.24) is 19.8 Å². The molecule has 1 fully saturated rings. The normalized spacial score (nSPS) is 20.3. The maximum Gasteiger partial charge on any atom is 0.252 e. The first-order valence-corrected chi connectivity index (χ1v) is 9.43. The van der Waals surface area contributed by atoms with Gasteiger partial charge in [-0.05, 0) is 38.1 Å². The van der Waals surface area contributed by atoms with E-state index in [1.54, 1.807) is 18.5 Å². The van der Waals surface area contributed by atoms with Gasteiger partial charge in [-0.25, -0.2) is 0 Å². The minimum absolute atomic E-state index is 0.379. The third-order valence-corrected chi connectivity index (χ3v) is 5.61. The van der Waals surface area contributed by atoms with Crippen molar-refractivity contribution in [2.75, 3.05) is 26.5 Å². The van der Waals surface area contributed by atoms with Crippen molar-refractivity contribution >= 4 is 23.2 Å². The van der Waals surface area contributed by atoms with E-state index in [1.165, 1.54) is 19.3 Å². The predicted molar refractivity (Wildman–Crippen MR) is 109 cm³/mol. The average molecular weight is 369 g/mol. The molecule has 2 unspecified atom stereocenters. The molecule has 0 bridgehead atoms. The van der Waals surface area contributed by atoms with Gasteiger partial charge < -0.3 is 16.4 Å². The number of quaternary nitrogens is 1. The van der Waals surface area contributed by atoms with E-state index >= 15 is 0 Å². The van der Waals surface area contributed by atoms with Crippen LogP contribution < -0.4 is 20.9 Å². The van der Waals surface area contributed by atoms with E-state index in [0.717, 1.165) is 17.9 Å². The number of hydrogen-bond donors (Lipinski definition) is 3. The molecule has 2 atom stereocenters. The van der Waals surface area contributed by atoms with Crippen LogP contribution in [0, 0.1) is 0 Å². The Morgan fingerprint density at radius 2 is 1.85 bits per heavy atom. The number of nitrogens with one attached hydrogen (secondary N) is 2. The maximum atomic E-state index is 11.9. The summed E-state index contributed by atoms with van der Waals surface area (Å²) in [5.74, 6) is 0.889. The van der Waals surface area contributed by atoms with Gasteiger partial charge >= 0.3 is 0 Å². The SMILES string of the molecule is CNC1CCCCC1[N+](C)(C)c1ccc(C(N)=O)c(Nc2ccncc2)n1. The third kappa shape index (κ3) is 4.09. The zero-order valence-corrected chi connectivity index (χ0v) is 16.3. The standard InChI is InChI=1S/C20H28N6O/c1-22-16-6-4-5-7-17(16)26(2,3)18-9-8-15(19(21)27)20(25-18)24-14-10-12-23-13-11-14/h8-13,16-17,22H,4-7H2,1-3H3,(H2-,21,23,24,25,27)/p+1. The van der Waals surface area contributed by atoms with Crippen molar-refractivity contribution in [3.05, 3.63) is 42.2 Å². The van der Waals surface area contributed by atoms with E-state index in [9.17, 15) is 4.79 Å². The highest BCUT2D eigenvalue weighted by atomic mass is 16.1. The zero-order valence-electron chi connectivity index (χ0n) is 16.3. The van der Waals surface area contributed by atoms with Gasteiger partial charge in [-0.3, -0.25) is 14.3 Å². The second-order valence-corrected chi connectivity index (χ2v) is 7.58. The first kappa shape index (κ1) is 19.3. The number of primary amides is 1. The predicted octanol–water partition coefficient (Wildman–Crippen LogP) is 2.42. The van der Waals surface area contributed by atoms with Crippen molar-refractivity contribution < 1.29 is 4.79 Å². The molecule has 0 saturated heterocycles. The molecule has 27 heavy (non-hydrogen) atoms. The number of amides is 1. The van der Waals surface area contributed by atoms with Crippen LogP contribution in [0.15, 0.2) is 36.7 Å². The lowest BCUT2D eigenvalue weighted by Crippen LogP contribution is -2.60. The van der Waals surface area contributed by atoms with Crippen molar-refractivity contribution in [3.8, 4) is 0 Å². The minimum Gasteiger partial charge on any atom is -0.365 e. The Kier molecular flexibility index (Phi) is 5.72. The van der Waals surface area contributed by atoms with E-state index in [4.69, 9.17) is 10.7 Å². The number of hydrogen-bond acceptors (Lipinski definition) is 5. The summed E-state index contributed by atoms with van der Waals surface area (Å²) in [5.41, 5.74) is 6.76. The molecule has 0 aliphatic heterocycles. The Balaban J connectivity index is 1.97. The third-order valence-electron chi connectivity index (χ3n) is 5.61. The van der Waals surface area contributed by atoms with Crippen LogP contribution in [0.1, 0.15) is 36.0 Å². The summed E-state index contributed by atoms with van der Waals surface area (Å²) in [6, 6.07) is 8.21. The smallest absolute Gasteiger partial charge is 0.252 e.